The fourth-order valence-electron chi connectivity index (χ4n) is 0.789. The summed E-state index contributed by atoms with van der Waals surface area (Å²) in [6, 6.07) is 1.57. The fraction of sp³-hybridized carbons (Fsp3) is 0.375. The Morgan fingerprint density at radius 1 is 1.69 bits per heavy atom. The van der Waals surface area contributed by atoms with E-state index in [4.69, 9.17) is 9.84 Å². The van der Waals surface area contributed by atoms with Crippen LogP contribution in [0, 0.1) is 0 Å². The molecule has 0 aliphatic carbocycles. The molecule has 0 amide bonds. The minimum atomic E-state index is -0.951. The lowest BCUT2D eigenvalue weighted by molar-refractivity contribution is -0.138. The Kier molecular flexibility index (Phi) is 2.79. The summed E-state index contributed by atoms with van der Waals surface area (Å²) in [5, 5.41) is 8.68. The van der Waals surface area contributed by atoms with Crippen molar-refractivity contribution in [3.05, 3.63) is 18.1 Å². The molecule has 0 saturated carbocycles. The third-order valence-corrected chi connectivity index (χ3v) is 1.62. The molecule has 1 aromatic rings. The minimum absolute atomic E-state index is 0.256. The van der Waals surface area contributed by atoms with E-state index in [1.54, 1.807) is 6.07 Å². The monoisotopic (exact) mass is 182 g/mol. The second-order valence-corrected chi connectivity index (χ2v) is 2.52. The number of methoxy groups -OCH3 is 1. The largest absolute Gasteiger partial charge is 0.481 e. The van der Waals surface area contributed by atoms with Crippen molar-refractivity contribution in [3.8, 4) is 5.88 Å². The molecule has 0 radical (unpaired) electrons. The van der Waals surface area contributed by atoms with Crippen molar-refractivity contribution in [1.82, 2.24) is 9.97 Å². The Bertz CT molecular complexity index is 314. The Balaban J connectivity index is 2.94. The topological polar surface area (TPSA) is 72.3 Å². The quantitative estimate of drug-likeness (QED) is 0.743. The molecule has 5 nitrogen and oxygen atoms in total. The molecule has 70 valence electrons. The van der Waals surface area contributed by atoms with Gasteiger partial charge < -0.3 is 9.84 Å². The molecule has 0 fully saturated rings. The molecule has 0 saturated heterocycles. The number of nitrogens with zero attached hydrogens (tertiary/aromatic N) is 2. The van der Waals surface area contributed by atoms with Crippen molar-refractivity contribution >= 4 is 5.97 Å². The van der Waals surface area contributed by atoms with E-state index in [-0.39, 0.29) is 5.82 Å². The number of ether oxygens (including phenoxy) is 1. The highest BCUT2D eigenvalue weighted by Crippen LogP contribution is 2.12. The summed E-state index contributed by atoms with van der Waals surface area (Å²) in [6.45, 7) is 1.52. The van der Waals surface area contributed by atoms with Crippen LogP contribution in [0.1, 0.15) is 18.7 Å². The van der Waals surface area contributed by atoms with Gasteiger partial charge in [-0.25, -0.2) is 4.98 Å². The van der Waals surface area contributed by atoms with Crippen molar-refractivity contribution in [2.24, 2.45) is 0 Å². The summed E-state index contributed by atoms with van der Waals surface area (Å²) < 4.78 is 4.84. The van der Waals surface area contributed by atoms with Crippen LogP contribution in [-0.4, -0.2) is 28.2 Å². The molecule has 0 bridgehead atoms. The van der Waals surface area contributed by atoms with Gasteiger partial charge in [0.05, 0.1) is 7.11 Å². The number of hydrogen-bond acceptors (Lipinski definition) is 4. The third-order valence-electron chi connectivity index (χ3n) is 1.62. The van der Waals surface area contributed by atoms with Crippen molar-refractivity contribution in [2.75, 3.05) is 7.11 Å². The van der Waals surface area contributed by atoms with Crippen LogP contribution in [0.2, 0.25) is 0 Å². The van der Waals surface area contributed by atoms with Gasteiger partial charge in [0, 0.05) is 12.3 Å². The van der Waals surface area contributed by atoms with Gasteiger partial charge in [0.15, 0.2) is 0 Å². The van der Waals surface area contributed by atoms with Gasteiger partial charge in [0.25, 0.3) is 0 Å². The Labute approximate surface area is 75.4 Å². The first-order valence-corrected chi connectivity index (χ1v) is 3.75. The number of carbonyl (C=O) groups is 1. The number of carboxylic acid groups (broad SMARTS) is 1. The van der Waals surface area contributed by atoms with Gasteiger partial charge in [-0.3, -0.25) is 4.79 Å². The lowest BCUT2D eigenvalue weighted by Gasteiger charge is -2.05. The van der Waals surface area contributed by atoms with Crippen LogP contribution in [0.25, 0.3) is 0 Å². The van der Waals surface area contributed by atoms with E-state index in [2.05, 4.69) is 9.97 Å². The molecular weight excluding hydrogens is 172 g/mol. The van der Waals surface area contributed by atoms with E-state index >= 15 is 0 Å². The molecule has 13 heavy (non-hydrogen) atoms. The molecule has 1 N–H and O–H groups in total. The molecule has 1 aromatic heterocycles. The predicted molar refractivity (Wildman–Crippen MR) is 44.6 cm³/mol. The average Bonchev–Trinajstić information content (AvgIpc) is 2.16. The van der Waals surface area contributed by atoms with Gasteiger partial charge in [-0.15, -0.1) is 0 Å². The summed E-state index contributed by atoms with van der Waals surface area (Å²) in [5.41, 5.74) is 0. The first-order valence-electron chi connectivity index (χ1n) is 3.75. The summed E-state index contributed by atoms with van der Waals surface area (Å²) in [7, 11) is 1.47. The number of rotatable bonds is 3. The molecule has 1 atom stereocenters. The van der Waals surface area contributed by atoms with Gasteiger partial charge in [0.2, 0.25) is 5.88 Å². The fourth-order valence-corrected chi connectivity index (χ4v) is 0.789. The molecule has 1 rings (SSSR count). The van der Waals surface area contributed by atoms with Crippen LogP contribution in [0.5, 0.6) is 5.88 Å². The molecule has 1 unspecified atom stereocenters. The molecule has 0 spiro atoms. The van der Waals surface area contributed by atoms with Gasteiger partial charge in [-0.2, -0.15) is 4.98 Å². The van der Waals surface area contributed by atoms with E-state index in [1.165, 1.54) is 20.2 Å². The average molecular weight is 182 g/mol. The SMILES string of the molecule is COc1ccnc(C(C)C(=O)O)n1. The molecule has 5 heteroatoms. The Morgan fingerprint density at radius 2 is 2.38 bits per heavy atom. The van der Waals surface area contributed by atoms with Crippen LogP contribution in [0.4, 0.5) is 0 Å². The highest BCUT2D eigenvalue weighted by molar-refractivity contribution is 5.74. The van der Waals surface area contributed by atoms with E-state index < -0.39 is 11.9 Å². The minimum Gasteiger partial charge on any atom is -0.481 e. The summed E-state index contributed by atoms with van der Waals surface area (Å²) in [5.74, 6) is -1.03. The van der Waals surface area contributed by atoms with Crippen LogP contribution < -0.4 is 4.74 Å². The third kappa shape index (κ3) is 2.14. The molecule has 0 aromatic carbocycles. The van der Waals surface area contributed by atoms with Crippen molar-refractivity contribution < 1.29 is 14.6 Å². The van der Waals surface area contributed by atoms with Gasteiger partial charge in [-0.1, -0.05) is 0 Å². The number of aliphatic carboxylic acids is 1. The van der Waals surface area contributed by atoms with E-state index in [0.29, 0.717) is 5.88 Å². The zero-order chi connectivity index (χ0) is 9.84. The van der Waals surface area contributed by atoms with Crippen LogP contribution in [0.3, 0.4) is 0 Å². The van der Waals surface area contributed by atoms with E-state index in [9.17, 15) is 4.79 Å². The van der Waals surface area contributed by atoms with Crippen molar-refractivity contribution in [2.45, 2.75) is 12.8 Å². The van der Waals surface area contributed by atoms with Gasteiger partial charge in [-0.05, 0) is 6.92 Å². The van der Waals surface area contributed by atoms with Gasteiger partial charge >= 0.3 is 5.97 Å². The van der Waals surface area contributed by atoms with Crippen LogP contribution in [0.15, 0.2) is 12.3 Å². The van der Waals surface area contributed by atoms with Crippen molar-refractivity contribution in [1.29, 1.82) is 0 Å². The normalized spacial score (nSPS) is 12.2. The standard InChI is InChI=1S/C8H10N2O3/c1-5(8(11)12)7-9-4-3-6(10-7)13-2/h3-5H,1-2H3,(H,11,12). The highest BCUT2D eigenvalue weighted by atomic mass is 16.5. The van der Waals surface area contributed by atoms with E-state index in [1.807, 2.05) is 0 Å². The molecule has 0 aliphatic heterocycles. The first-order chi connectivity index (χ1) is 6.15. The maximum Gasteiger partial charge on any atom is 0.313 e. The second-order valence-electron chi connectivity index (χ2n) is 2.52. The van der Waals surface area contributed by atoms with Crippen LogP contribution >= 0.6 is 0 Å². The van der Waals surface area contributed by atoms with Crippen LogP contribution in [-0.2, 0) is 4.79 Å². The first kappa shape index (κ1) is 9.44. The Morgan fingerprint density at radius 3 is 2.92 bits per heavy atom. The molecule has 1 heterocycles. The van der Waals surface area contributed by atoms with Gasteiger partial charge in [0.1, 0.15) is 11.7 Å². The zero-order valence-electron chi connectivity index (χ0n) is 7.39. The number of carboxylic acids is 1. The highest BCUT2D eigenvalue weighted by Gasteiger charge is 2.16. The maximum absolute atomic E-state index is 10.6. The lowest BCUT2D eigenvalue weighted by Crippen LogP contribution is -2.11. The zero-order valence-corrected chi connectivity index (χ0v) is 7.39. The number of aromatic nitrogens is 2. The number of hydrogen-bond donors (Lipinski definition) is 1. The predicted octanol–water partition coefficient (Wildman–Crippen LogP) is 0.673. The molecule has 0 aliphatic rings. The van der Waals surface area contributed by atoms with E-state index in [0.717, 1.165) is 0 Å². The summed E-state index contributed by atoms with van der Waals surface area (Å²) in [4.78, 5) is 18.3. The maximum atomic E-state index is 10.6. The summed E-state index contributed by atoms with van der Waals surface area (Å²) in [6.07, 6.45) is 1.47. The second kappa shape index (κ2) is 3.84. The van der Waals surface area contributed by atoms with Crippen molar-refractivity contribution in [3.63, 3.8) is 0 Å². The smallest absolute Gasteiger partial charge is 0.313 e. The molecular formula is C8H10N2O3. The Hall–Kier alpha value is -1.65. The lowest BCUT2D eigenvalue weighted by atomic mass is 10.2. The summed E-state index contributed by atoms with van der Waals surface area (Å²) >= 11 is 0.